The number of hydrogen-bond donors (Lipinski definition) is 0. The average Bonchev–Trinajstić information content (AvgIpc) is 2.67. The second kappa shape index (κ2) is 7.89. The Morgan fingerprint density at radius 1 is 1.07 bits per heavy atom. The Balaban J connectivity index is 1.54. The van der Waals surface area contributed by atoms with Gasteiger partial charge in [0, 0.05) is 45.3 Å². The van der Waals surface area contributed by atoms with Crippen LogP contribution in [0.3, 0.4) is 0 Å². The van der Waals surface area contributed by atoms with Gasteiger partial charge in [0.1, 0.15) is 0 Å². The van der Waals surface area contributed by atoms with Gasteiger partial charge in [0.25, 0.3) is 0 Å². The van der Waals surface area contributed by atoms with E-state index in [4.69, 9.17) is 4.74 Å². The van der Waals surface area contributed by atoms with Gasteiger partial charge >= 0.3 is 0 Å². The van der Waals surface area contributed by atoms with Crippen molar-refractivity contribution in [3.8, 4) is 5.75 Å². The van der Waals surface area contributed by atoms with E-state index in [0.717, 1.165) is 45.1 Å². The number of methoxy groups -OCH3 is 1. The Hall–Kier alpha value is -1.22. The molecule has 3 aliphatic rings. The van der Waals surface area contributed by atoms with E-state index in [2.05, 4.69) is 16.8 Å². The van der Waals surface area contributed by atoms with Crippen LogP contribution in [-0.2, 0) is 10.0 Å². The number of halogens is 1. The molecule has 0 N–H and O–H groups in total. The standard InChI is InChI=1S/C20H30FN3O3S/c1-22-8-10-23(11-9-22)20-15-4-3-5-16(20)14-24(13-15)28(25,26)17-6-7-19(27-2)18(21)12-17/h6-7,12,15-16,20H,3-5,8-11,13-14H2,1-2H3. The summed E-state index contributed by atoms with van der Waals surface area (Å²) in [5.41, 5.74) is 0. The van der Waals surface area contributed by atoms with Crippen LogP contribution in [0.15, 0.2) is 23.1 Å². The predicted molar refractivity (Wildman–Crippen MR) is 105 cm³/mol. The van der Waals surface area contributed by atoms with Gasteiger partial charge in [-0.05, 0) is 49.9 Å². The molecule has 0 aromatic heterocycles. The van der Waals surface area contributed by atoms with Crippen molar-refractivity contribution in [3.63, 3.8) is 0 Å². The van der Waals surface area contributed by atoms with E-state index in [0.29, 0.717) is 31.0 Å². The summed E-state index contributed by atoms with van der Waals surface area (Å²) in [7, 11) is -0.177. The molecule has 156 valence electrons. The van der Waals surface area contributed by atoms with Crippen molar-refractivity contribution in [3.05, 3.63) is 24.0 Å². The van der Waals surface area contributed by atoms with Gasteiger partial charge in [-0.3, -0.25) is 4.90 Å². The average molecular weight is 412 g/mol. The van der Waals surface area contributed by atoms with Crippen LogP contribution in [0.1, 0.15) is 19.3 Å². The zero-order valence-corrected chi connectivity index (χ0v) is 17.5. The molecular weight excluding hydrogens is 381 g/mol. The third kappa shape index (κ3) is 3.67. The van der Waals surface area contributed by atoms with Crippen molar-refractivity contribution >= 4 is 10.0 Å². The van der Waals surface area contributed by atoms with Gasteiger partial charge in [-0.2, -0.15) is 4.31 Å². The molecule has 1 aromatic rings. The number of nitrogens with zero attached hydrogens (tertiary/aromatic N) is 3. The van der Waals surface area contributed by atoms with E-state index in [-0.39, 0.29) is 10.6 Å². The molecule has 0 spiro atoms. The Kier molecular flexibility index (Phi) is 5.66. The third-order valence-corrected chi connectivity index (χ3v) is 8.54. The van der Waals surface area contributed by atoms with Crippen molar-refractivity contribution in [1.82, 2.24) is 14.1 Å². The summed E-state index contributed by atoms with van der Waals surface area (Å²) in [5.74, 6) is 0.128. The number of likely N-dealkylation sites (N-methyl/N-ethyl adjacent to an activating group) is 1. The van der Waals surface area contributed by atoms with Gasteiger partial charge in [0.15, 0.2) is 11.6 Å². The molecule has 6 nitrogen and oxygen atoms in total. The molecule has 2 aliphatic heterocycles. The summed E-state index contributed by atoms with van der Waals surface area (Å²) in [6, 6.07) is 4.39. The lowest BCUT2D eigenvalue weighted by molar-refractivity contribution is -0.0141. The van der Waals surface area contributed by atoms with Crippen LogP contribution in [0.25, 0.3) is 0 Å². The van der Waals surface area contributed by atoms with Crippen molar-refractivity contribution < 1.29 is 17.5 Å². The van der Waals surface area contributed by atoms with Crippen LogP contribution in [-0.4, -0.2) is 82.0 Å². The van der Waals surface area contributed by atoms with Gasteiger partial charge in [0.2, 0.25) is 10.0 Å². The highest BCUT2D eigenvalue weighted by Gasteiger charge is 2.46. The number of hydrogen-bond acceptors (Lipinski definition) is 5. The van der Waals surface area contributed by atoms with Crippen LogP contribution in [0.4, 0.5) is 4.39 Å². The summed E-state index contributed by atoms with van der Waals surface area (Å²) >= 11 is 0. The van der Waals surface area contributed by atoms with E-state index in [1.807, 2.05) is 0 Å². The molecule has 1 aliphatic carbocycles. The first kappa shape index (κ1) is 20.1. The number of rotatable bonds is 4. The van der Waals surface area contributed by atoms with E-state index in [1.54, 1.807) is 4.31 Å². The van der Waals surface area contributed by atoms with Crippen LogP contribution < -0.4 is 4.74 Å². The van der Waals surface area contributed by atoms with E-state index >= 15 is 0 Å². The topological polar surface area (TPSA) is 53.1 Å². The highest BCUT2D eigenvalue weighted by atomic mass is 32.2. The highest BCUT2D eigenvalue weighted by Crippen LogP contribution is 2.40. The predicted octanol–water partition coefficient (Wildman–Crippen LogP) is 1.87. The Morgan fingerprint density at radius 2 is 1.71 bits per heavy atom. The quantitative estimate of drug-likeness (QED) is 0.757. The molecule has 8 heteroatoms. The third-order valence-electron chi connectivity index (χ3n) is 6.71. The van der Waals surface area contributed by atoms with E-state index in [1.165, 1.54) is 25.7 Å². The Labute approximate surface area is 167 Å². The lowest BCUT2D eigenvalue weighted by Gasteiger charge is -2.52. The second-order valence-corrected chi connectivity index (χ2v) is 10.3. The van der Waals surface area contributed by atoms with Crippen molar-refractivity contribution in [1.29, 1.82) is 0 Å². The lowest BCUT2D eigenvalue weighted by Crippen LogP contribution is -2.62. The summed E-state index contributed by atoms with van der Waals surface area (Å²) in [6.45, 7) is 5.33. The lowest BCUT2D eigenvalue weighted by atomic mass is 9.73. The summed E-state index contributed by atoms with van der Waals surface area (Å²) < 4.78 is 47.0. The van der Waals surface area contributed by atoms with Crippen LogP contribution in [0.5, 0.6) is 5.75 Å². The Bertz CT molecular complexity index is 797. The monoisotopic (exact) mass is 411 g/mol. The smallest absolute Gasteiger partial charge is 0.243 e. The maximum absolute atomic E-state index is 14.1. The first-order chi connectivity index (χ1) is 13.4. The van der Waals surface area contributed by atoms with Crippen LogP contribution in [0, 0.1) is 17.7 Å². The zero-order chi connectivity index (χ0) is 19.9. The number of benzene rings is 1. The first-order valence-electron chi connectivity index (χ1n) is 10.2. The SMILES string of the molecule is COc1ccc(S(=O)(=O)N2CC3CCCC(C2)C3N2CCN(C)CC2)cc1F. The molecule has 28 heavy (non-hydrogen) atoms. The summed E-state index contributed by atoms with van der Waals surface area (Å²) in [6.07, 6.45) is 3.30. The highest BCUT2D eigenvalue weighted by molar-refractivity contribution is 7.89. The molecule has 2 atom stereocenters. The van der Waals surface area contributed by atoms with Gasteiger partial charge in [-0.25, -0.2) is 12.8 Å². The fraction of sp³-hybridized carbons (Fsp3) is 0.700. The fourth-order valence-electron chi connectivity index (χ4n) is 5.23. The van der Waals surface area contributed by atoms with Gasteiger partial charge < -0.3 is 9.64 Å². The summed E-state index contributed by atoms with van der Waals surface area (Å²) in [5, 5.41) is 0. The maximum Gasteiger partial charge on any atom is 0.243 e. The number of fused-ring (bicyclic) bond motifs is 2. The molecule has 2 unspecified atom stereocenters. The van der Waals surface area contributed by atoms with Crippen LogP contribution >= 0.6 is 0 Å². The molecule has 2 heterocycles. The van der Waals surface area contributed by atoms with Gasteiger partial charge in [0.05, 0.1) is 12.0 Å². The molecule has 0 amide bonds. The number of sulfonamides is 1. The number of piperazine rings is 1. The molecule has 0 radical (unpaired) electrons. The van der Waals surface area contributed by atoms with E-state index in [9.17, 15) is 12.8 Å². The van der Waals surface area contributed by atoms with E-state index < -0.39 is 15.8 Å². The largest absolute Gasteiger partial charge is 0.494 e. The van der Waals surface area contributed by atoms with Crippen molar-refractivity contribution in [2.45, 2.75) is 30.2 Å². The minimum Gasteiger partial charge on any atom is -0.494 e. The van der Waals surface area contributed by atoms with Gasteiger partial charge in [-0.1, -0.05) is 6.42 Å². The molecule has 3 fully saturated rings. The normalized spacial score (nSPS) is 30.3. The summed E-state index contributed by atoms with van der Waals surface area (Å²) in [4.78, 5) is 4.96. The van der Waals surface area contributed by atoms with Crippen LogP contribution in [0.2, 0.25) is 0 Å². The van der Waals surface area contributed by atoms with Crippen molar-refractivity contribution in [2.75, 3.05) is 53.4 Å². The molecule has 4 rings (SSSR count). The zero-order valence-electron chi connectivity index (χ0n) is 16.7. The maximum atomic E-state index is 14.1. The molecule has 2 bridgehead atoms. The van der Waals surface area contributed by atoms with Gasteiger partial charge in [-0.15, -0.1) is 0 Å². The molecular formula is C20H30FN3O3S. The van der Waals surface area contributed by atoms with Crippen molar-refractivity contribution in [2.24, 2.45) is 11.8 Å². The minimum absolute atomic E-state index is 0.0157. The Morgan fingerprint density at radius 3 is 2.29 bits per heavy atom. The molecule has 2 saturated heterocycles. The first-order valence-corrected chi connectivity index (χ1v) is 11.6. The fourth-order valence-corrected chi connectivity index (χ4v) is 6.80. The molecule has 1 aromatic carbocycles. The molecule has 1 saturated carbocycles. The second-order valence-electron chi connectivity index (χ2n) is 8.40. The number of ether oxygens (including phenoxy) is 1. The number of piperidine rings is 1. The minimum atomic E-state index is -3.70.